The number of fused-ring (bicyclic) bond motifs is 1. The molecule has 0 saturated carbocycles. The molecule has 0 radical (unpaired) electrons. The Balaban J connectivity index is 1.52. The minimum absolute atomic E-state index is 0.0736. The van der Waals surface area contributed by atoms with Crippen molar-refractivity contribution >= 4 is 28.3 Å². The molecule has 0 aliphatic rings. The number of thiophene rings is 1. The Labute approximate surface area is 133 Å². The van der Waals surface area contributed by atoms with Crippen LogP contribution in [0.5, 0.6) is 0 Å². The molecule has 0 bridgehead atoms. The fraction of sp³-hybridized carbons (Fsp3) is 0.294. The van der Waals surface area contributed by atoms with Crippen molar-refractivity contribution in [2.24, 2.45) is 0 Å². The molecule has 1 amide bonds. The molecule has 22 heavy (non-hydrogen) atoms. The van der Waals surface area contributed by atoms with Crippen LogP contribution in [0.25, 0.3) is 11.0 Å². The van der Waals surface area contributed by atoms with Gasteiger partial charge in [-0.05, 0) is 43.3 Å². The predicted octanol–water partition coefficient (Wildman–Crippen LogP) is 3.82. The second-order valence-electron chi connectivity index (χ2n) is 5.36. The zero-order chi connectivity index (χ0) is 15.4. The molecule has 4 nitrogen and oxygen atoms in total. The number of imidazole rings is 1. The number of aromatic nitrogens is 2. The number of benzene rings is 1. The van der Waals surface area contributed by atoms with Crippen LogP contribution in [0.4, 0.5) is 0 Å². The molecular weight excluding hydrogens is 294 g/mol. The maximum absolute atomic E-state index is 12.0. The van der Waals surface area contributed by atoms with E-state index in [0.717, 1.165) is 29.7 Å². The number of nitrogens with one attached hydrogen (secondary N) is 2. The summed E-state index contributed by atoms with van der Waals surface area (Å²) in [6.07, 6.45) is 2.38. The molecule has 3 aromatic rings. The number of aromatic amines is 1. The molecule has 0 unspecified atom stereocenters. The number of nitrogens with zero attached hydrogens (tertiary/aromatic N) is 1. The largest absolute Gasteiger partial charge is 0.346 e. The number of carbonyl (C=O) groups is 1. The first kappa shape index (κ1) is 14.8. The molecule has 1 atom stereocenters. The normalized spacial score (nSPS) is 12.4. The minimum Gasteiger partial charge on any atom is -0.346 e. The van der Waals surface area contributed by atoms with Gasteiger partial charge < -0.3 is 10.3 Å². The van der Waals surface area contributed by atoms with E-state index < -0.39 is 0 Å². The number of para-hydroxylation sites is 2. The number of hydrogen-bond donors (Lipinski definition) is 2. The quantitative estimate of drug-likeness (QED) is 0.726. The second kappa shape index (κ2) is 6.75. The third-order valence-electron chi connectivity index (χ3n) is 3.60. The SMILES string of the molecule is C[C@H](NC(=O)CCCc1cccs1)c1nc2ccccc2[nH]1. The van der Waals surface area contributed by atoms with Crippen LogP contribution in [0.2, 0.25) is 0 Å². The molecule has 2 heterocycles. The van der Waals surface area contributed by atoms with E-state index in [9.17, 15) is 4.79 Å². The number of aryl methyl sites for hydroxylation is 1. The van der Waals surface area contributed by atoms with Crippen LogP contribution in [0, 0.1) is 0 Å². The fourth-order valence-corrected chi connectivity index (χ4v) is 3.19. The Morgan fingerprint density at radius 3 is 2.95 bits per heavy atom. The third-order valence-corrected chi connectivity index (χ3v) is 4.54. The van der Waals surface area contributed by atoms with E-state index >= 15 is 0 Å². The summed E-state index contributed by atoms with van der Waals surface area (Å²) in [5.74, 6) is 0.873. The molecule has 2 N–H and O–H groups in total. The highest BCUT2D eigenvalue weighted by atomic mass is 32.1. The molecule has 0 saturated heterocycles. The van der Waals surface area contributed by atoms with E-state index in [1.807, 2.05) is 37.3 Å². The second-order valence-corrected chi connectivity index (χ2v) is 6.39. The number of amides is 1. The zero-order valence-electron chi connectivity index (χ0n) is 12.5. The summed E-state index contributed by atoms with van der Waals surface area (Å²) in [5.41, 5.74) is 1.92. The molecule has 3 rings (SSSR count). The van der Waals surface area contributed by atoms with E-state index in [-0.39, 0.29) is 11.9 Å². The summed E-state index contributed by atoms with van der Waals surface area (Å²) in [7, 11) is 0. The van der Waals surface area contributed by atoms with Crippen LogP contribution in [0.1, 0.15) is 36.5 Å². The first-order valence-electron chi connectivity index (χ1n) is 7.49. The van der Waals surface area contributed by atoms with Gasteiger partial charge in [-0.2, -0.15) is 0 Å². The van der Waals surface area contributed by atoms with Crippen molar-refractivity contribution in [2.75, 3.05) is 0 Å². The lowest BCUT2D eigenvalue weighted by atomic mass is 10.2. The van der Waals surface area contributed by atoms with Gasteiger partial charge in [0.1, 0.15) is 5.82 Å². The van der Waals surface area contributed by atoms with E-state index in [1.165, 1.54) is 4.88 Å². The van der Waals surface area contributed by atoms with E-state index in [4.69, 9.17) is 0 Å². The van der Waals surface area contributed by atoms with E-state index in [0.29, 0.717) is 6.42 Å². The van der Waals surface area contributed by atoms with Crippen LogP contribution >= 0.6 is 11.3 Å². The van der Waals surface area contributed by atoms with Crippen LogP contribution < -0.4 is 5.32 Å². The Morgan fingerprint density at radius 2 is 2.18 bits per heavy atom. The summed E-state index contributed by atoms with van der Waals surface area (Å²) in [4.78, 5) is 21.1. The lowest BCUT2D eigenvalue weighted by Gasteiger charge is -2.11. The van der Waals surface area contributed by atoms with Crippen molar-refractivity contribution in [1.29, 1.82) is 0 Å². The smallest absolute Gasteiger partial charge is 0.220 e. The van der Waals surface area contributed by atoms with Gasteiger partial charge in [0.05, 0.1) is 17.1 Å². The zero-order valence-corrected chi connectivity index (χ0v) is 13.3. The molecule has 2 aromatic heterocycles. The van der Waals surface area contributed by atoms with Crippen molar-refractivity contribution in [3.05, 3.63) is 52.5 Å². The van der Waals surface area contributed by atoms with Crippen LogP contribution in [-0.2, 0) is 11.2 Å². The lowest BCUT2D eigenvalue weighted by molar-refractivity contribution is -0.121. The first-order valence-corrected chi connectivity index (χ1v) is 8.37. The molecule has 114 valence electrons. The molecular formula is C17H19N3OS. The van der Waals surface area contributed by atoms with Gasteiger partial charge in [0, 0.05) is 11.3 Å². The van der Waals surface area contributed by atoms with Gasteiger partial charge in [0.15, 0.2) is 0 Å². The molecule has 1 aromatic carbocycles. The molecule has 0 aliphatic heterocycles. The van der Waals surface area contributed by atoms with Crippen molar-refractivity contribution in [3.63, 3.8) is 0 Å². The first-order chi connectivity index (χ1) is 10.7. The highest BCUT2D eigenvalue weighted by molar-refractivity contribution is 7.09. The van der Waals surface area contributed by atoms with Crippen LogP contribution in [0.3, 0.4) is 0 Å². The van der Waals surface area contributed by atoms with Crippen molar-refractivity contribution in [2.45, 2.75) is 32.2 Å². The molecule has 5 heteroatoms. The summed E-state index contributed by atoms with van der Waals surface area (Å²) >= 11 is 1.74. The van der Waals surface area contributed by atoms with Gasteiger partial charge in [0.25, 0.3) is 0 Å². The summed E-state index contributed by atoms with van der Waals surface area (Å²) < 4.78 is 0. The minimum atomic E-state index is -0.110. The monoisotopic (exact) mass is 313 g/mol. The van der Waals surface area contributed by atoms with Gasteiger partial charge >= 0.3 is 0 Å². The van der Waals surface area contributed by atoms with E-state index in [2.05, 4.69) is 26.7 Å². The van der Waals surface area contributed by atoms with Crippen molar-refractivity contribution in [1.82, 2.24) is 15.3 Å². The van der Waals surface area contributed by atoms with Gasteiger partial charge in [-0.25, -0.2) is 4.98 Å². The Kier molecular flexibility index (Phi) is 4.53. The van der Waals surface area contributed by atoms with Crippen LogP contribution in [0.15, 0.2) is 41.8 Å². The van der Waals surface area contributed by atoms with Crippen molar-refractivity contribution < 1.29 is 4.79 Å². The number of H-pyrrole nitrogens is 1. The molecule has 0 fully saturated rings. The summed E-state index contributed by atoms with van der Waals surface area (Å²) in [5, 5.41) is 5.08. The Morgan fingerprint density at radius 1 is 1.32 bits per heavy atom. The summed E-state index contributed by atoms with van der Waals surface area (Å²) in [6.45, 7) is 1.95. The number of hydrogen-bond acceptors (Lipinski definition) is 3. The standard InChI is InChI=1S/C17H19N3OS/c1-12(17-19-14-8-2-3-9-15(14)20-17)18-16(21)10-4-6-13-7-5-11-22-13/h2-3,5,7-9,11-12H,4,6,10H2,1H3,(H,18,21)(H,19,20)/t12-/m0/s1. The average Bonchev–Trinajstić information content (AvgIpc) is 3.16. The van der Waals surface area contributed by atoms with Crippen LogP contribution in [-0.4, -0.2) is 15.9 Å². The third kappa shape index (κ3) is 3.54. The van der Waals surface area contributed by atoms with Gasteiger partial charge in [0.2, 0.25) is 5.91 Å². The maximum Gasteiger partial charge on any atom is 0.220 e. The summed E-state index contributed by atoms with van der Waals surface area (Å²) in [6, 6.07) is 11.9. The molecule has 0 aliphatic carbocycles. The maximum atomic E-state index is 12.0. The van der Waals surface area contributed by atoms with Gasteiger partial charge in [-0.15, -0.1) is 11.3 Å². The van der Waals surface area contributed by atoms with E-state index in [1.54, 1.807) is 11.3 Å². The van der Waals surface area contributed by atoms with Crippen molar-refractivity contribution in [3.8, 4) is 0 Å². The highest BCUT2D eigenvalue weighted by Crippen LogP contribution is 2.16. The topological polar surface area (TPSA) is 57.8 Å². The lowest BCUT2D eigenvalue weighted by Crippen LogP contribution is -2.27. The van der Waals surface area contributed by atoms with Gasteiger partial charge in [-0.3, -0.25) is 4.79 Å². The highest BCUT2D eigenvalue weighted by Gasteiger charge is 2.13. The molecule has 0 spiro atoms. The average molecular weight is 313 g/mol. The Bertz CT molecular complexity index is 715. The number of rotatable bonds is 6. The predicted molar refractivity (Wildman–Crippen MR) is 89.9 cm³/mol. The fourth-order valence-electron chi connectivity index (χ4n) is 2.44. The Hall–Kier alpha value is -2.14. The van der Waals surface area contributed by atoms with Gasteiger partial charge in [-0.1, -0.05) is 18.2 Å². The number of carbonyl (C=O) groups excluding carboxylic acids is 1.